The number of aromatic nitrogens is 4. The molecule has 6 heteroatoms. The van der Waals surface area contributed by atoms with Gasteiger partial charge >= 0.3 is 0 Å². The molecule has 30 heavy (non-hydrogen) atoms. The normalized spacial score (nSPS) is 14.0. The summed E-state index contributed by atoms with van der Waals surface area (Å²) in [5, 5.41) is 19.2. The smallest absolute Gasteiger partial charge is 0.185 e. The van der Waals surface area contributed by atoms with E-state index in [4.69, 9.17) is 5.10 Å². The maximum atomic E-state index is 4.85. The molecule has 1 N–H and O–H groups in total. The molecule has 0 saturated carbocycles. The molecule has 156 valence electrons. The molecule has 6 nitrogen and oxygen atoms in total. The number of rotatable bonds is 6. The van der Waals surface area contributed by atoms with Crippen molar-refractivity contribution in [1.29, 1.82) is 0 Å². The van der Waals surface area contributed by atoms with Gasteiger partial charge in [0.2, 0.25) is 0 Å². The molecule has 4 rings (SSSR count). The Morgan fingerprint density at radius 2 is 1.60 bits per heavy atom. The highest BCUT2D eigenvalue weighted by Crippen LogP contribution is 2.30. The van der Waals surface area contributed by atoms with E-state index >= 15 is 0 Å². The number of nitrogens with one attached hydrogen (secondary N) is 1. The van der Waals surface area contributed by atoms with E-state index in [1.165, 1.54) is 11.1 Å². The SMILES string of the molecule is Cc1nnc2c3ccccc3c(N[C@@H](C)[C@H](c3cccc(C(C)C)c3)N(C)C)nn12. The molecule has 0 unspecified atom stereocenters. The molecule has 2 atom stereocenters. The van der Waals surface area contributed by atoms with E-state index in [0.29, 0.717) is 5.92 Å². The lowest BCUT2D eigenvalue weighted by molar-refractivity contribution is 0.275. The number of hydrogen-bond donors (Lipinski definition) is 1. The minimum absolute atomic E-state index is 0.132. The summed E-state index contributed by atoms with van der Waals surface area (Å²) in [6.45, 7) is 8.61. The van der Waals surface area contributed by atoms with Crippen molar-refractivity contribution in [3.8, 4) is 0 Å². The van der Waals surface area contributed by atoms with Crippen LogP contribution in [-0.4, -0.2) is 44.8 Å². The van der Waals surface area contributed by atoms with Gasteiger partial charge in [0, 0.05) is 16.8 Å². The number of nitrogens with zero attached hydrogens (tertiary/aromatic N) is 5. The van der Waals surface area contributed by atoms with Crippen LogP contribution in [0.4, 0.5) is 5.82 Å². The fraction of sp³-hybridized carbons (Fsp3) is 0.375. The van der Waals surface area contributed by atoms with Gasteiger partial charge in [0.25, 0.3) is 0 Å². The molecular weight excluding hydrogens is 372 g/mol. The summed E-state index contributed by atoms with van der Waals surface area (Å²) >= 11 is 0. The zero-order valence-corrected chi connectivity index (χ0v) is 18.6. The van der Waals surface area contributed by atoms with Gasteiger partial charge in [-0.2, -0.15) is 4.52 Å². The van der Waals surface area contributed by atoms with Crippen LogP contribution >= 0.6 is 0 Å². The van der Waals surface area contributed by atoms with Gasteiger partial charge < -0.3 is 10.2 Å². The van der Waals surface area contributed by atoms with Crippen LogP contribution in [0.2, 0.25) is 0 Å². The fourth-order valence-electron chi connectivity index (χ4n) is 4.22. The number of likely N-dealkylation sites (N-methyl/N-ethyl adjacent to an activating group) is 1. The summed E-state index contributed by atoms with van der Waals surface area (Å²) in [6.07, 6.45) is 0. The molecule has 0 aliphatic heterocycles. The Morgan fingerprint density at radius 3 is 2.30 bits per heavy atom. The Kier molecular flexibility index (Phi) is 5.43. The molecule has 0 saturated heterocycles. The topological polar surface area (TPSA) is 58.4 Å². The van der Waals surface area contributed by atoms with Crippen molar-refractivity contribution < 1.29 is 0 Å². The van der Waals surface area contributed by atoms with Gasteiger partial charge in [-0.15, -0.1) is 15.3 Å². The predicted molar refractivity (Wildman–Crippen MR) is 123 cm³/mol. The molecule has 0 fully saturated rings. The number of aryl methyl sites for hydroxylation is 1. The number of benzene rings is 2. The van der Waals surface area contributed by atoms with E-state index in [2.05, 4.69) is 91.7 Å². The summed E-state index contributed by atoms with van der Waals surface area (Å²) in [7, 11) is 4.26. The first-order valence-electron chi connectivity index (χ1n) is 10.5. The summed E-state index contributed by atoms with van der Waals surface area (Å²) in [5.74, 6) is 2.13. The van der Waals surface area contributed by atoms with E-state index in [0.717, 1.165) is 28.1 Å². The van der Waals surface area contributed by atoms with Crippen molar-refractivity contribution in [2.75, 3.05) is 19.4 Å². The van der Waals surface area contributed by atoms with Crippen molar-refractivity contribution in [1.82, 2.24) is 24.7 Å². The van der Waals surface area contributed by atoms with Crippen molar-refractivity contribution in [2.45, 2.75) is 45.7 Å². The quantitative estimate of drug-likeness (QED) is 0.501. The van der Waals surface area contributed by atoms with Gasteiger partial charge in [-0.25, -0.2) is 0 Å². The second-order valence-electron chi connectivity index (χ2n) is 8.54. The fourth-order valence-corrected chi connectivity index (χ4v) is 4.22. The van der Waals surface area contributed by atoms with Gasteiger partial charge in [0.05, 0.1) is 6.04 Å². The van der Waals surface area contributed by atoms with Crippen LogP contribution in [0.3, 0.4) is 0 Å². The van der Waals surface area contributed by atoms with Crippen molar-refractivity contribution in [3.63, 3.8) is 0 Å². The van der Waals surface area contributed by atoms with E-state index in [1.54, 1.807) is 0 Å². The highest BCUT2D eigenvalue weighted by Gasteiger charge is 2.24. The van der Waals surface area contributed by atoms with Crippen LogP contribution in [0.1, 0.15) is 49.7 Å². The highest BCUT2D eigenvalue weighted by molar-refractivity contribution is 5.99. The first-order valence-corrected chi connectivity index (χ1v) is 10.5. The molecule has 0 amide bonds. The molecule has 2 heterocycles. The molecule has 0 aliphatic carbocycles. The molecule has 0 bridgehead atoms. The summed E-state index contributed by atoms with van der Waals surface area (Å²) in [6, 6.07) is 17.5. The van der Waals surface area contributed by atoms with Crippen LogP contribution in [0.15, 0.2) is 48.5 Å². The molecule has 0 radical (unpaired) electrons. The lowest BCUT2D eigenvalue weighted by atomic mass is 9.94. The summed E-state index contributed by atoms with van der Waals surface area (Å²) in [4.78, 5) is 2.27. The monoisotopic (exact) mass is 402 g/mol. The zero-order chi connectivity index (χ0) is 21.4. The Balaban J connectivity index is 1.76. The van der Waals surface area contributed by atoms with Gasteiger partial charge in [0.1, 0.15) is 0 Å². The van der Waals surface area contributed by atoms with Crippen molar-refractivity contribution >= 4 is 22.2 Å². The van der Waals surface area contributed by atoms with Gasteiger partial charge in [-0.1, -0.05) is 62.4 Å². The molecule has 0 spiro atoms. The zero-order valence-electron chi connectivity index (χ0n) is 18.6. The Hall–Kier alpha value is -2.99. The number of fused-ring (bicyclic) bond motifs is 3. The molecule has 2 aromatic carbocycles. The van der Waals surface area contributed by atoms with E-state index in [1.807, 2.05) is 23.6 Å². The minimum Gasteiger partial charge on any atom is -0.364 e. The average molecular weight is 403 g/mol. The average Bonchev–Trinajstić information content (AvgIpc) is 3.09. The third kappa shape index (κ3) is 3.63. The second kappa shape index (κ2) is 8.03. The lowest BCUT2D eigenvalue weighted by Gasteiger charge is -2.32. The van der Waals surface area contributed by atoms with E-state index in [9.17, 15) is 0 Å². The van der Waals surface area contributed by atoms with Crippen LogP contribution in [0.25, 0.3) is 16.4 Å². The summed E-state index contributed by atoms with van der Waals surface area (Å²) in [5.41, 5.74) is 3.45. The van der Waals surface area contributed by atoms with Gasteiger partial charge in [-0.05, 0) is 45.0 Å². The first-order chi connectivity index (χ1) is 14.4. The highest BCUT2D eigenvalue weighted by atomic mass is 15.4. The van der Waals surface area contributed by atoms with Crippen LogP contribution in [0.5, 0.6) is 0 Å². The minimum atomic E-state index is 0.132. The Morgan fingerprint density at radius 1 is 0.900 bits per heavy atom. The van der Waals surface area contributed by atoms with Gasteiger partial charge in [-0.3, -0.25) is 0 Å². The Bertz CT molecular complexity index is 1180. The van der Waals surface area contributed by atoms with Crippen LogP contribution in [-0.2, 0) is 0 Å². The third-order valence-electron chi connectivity index (χ3n) is 5.73. The van der Waals surface area contributed by atoms with Crippen LogP contribution < -0.4 is 5.32 Å². The predicted octanol–water partition coefficient (Wildman–Crippen LogP) is 4.81. The molecule has 4 aromatic rings. The molecular formula is C24H30N6. The maximum absolute atomic E-state index is 4.85. The summed E-state index contributed by atoms with van der Waals surface area (Å²) < 4.78 is 1.82. The number of hydrogen-bond acceptors (Lipinski definition) is 5. The second-order valence-corrected chi connectivity index (χ2v) is 8.54. The number of anilines is 1. The van der Waals surface area contributed by atoms with E-state index in [-0.39, 0.29) is 12.1 Å². The Labute approximate surface area is 177 Å². The van der Waals surface area contributed by atoms with Crippen molar-refractivity contribution in [3.05, 3.63) is 65.5 Å². The molecule has 0 aliphatic rings. The van der Waals surface area contributed by atoms with E-state index < -0.39 is 0 Å². The lowest BCUT2D eigenvalue weighted by Crippen LogP contribution is -2.35. The standard InChI is InChI=1S/C24H30N6/c1-15(2)18-10-9-11-19(14-18)22(29(5)6)16(3)25-23-20-12-7-8-13-21(20)24-27-26-17(4)30(24)28-23/h7-16,22H,1-6H3,(H,25,28)/t16-,22+/m0/s1. The molecule has 2 aromatic heterocycles. The largest absolute Gasteiger partial charge is 0.364 e. The van der Waals surface area contributed by atoms with Crippen molar-refractivity contribution in [2.24, 2.45) is 0 Å². The maximum Gasteiger partial charge on any atom is 0.185 e. The first kappa shape index (κ1) is 20.3. The van der Waals surface area contributed by atoms with Gasteiger partial charge in [0.15, 0.2) is 17.3 Å². The third-order valence-corrected chi connectivity index (χ3v) is 5.73. The van der Waals surface area contributed by atoms with Crippen LogP contribution in [0, 0.1) is 6.92 Å².